The third kappa shape index (κ3) is 4.61. The number of rotatable bonds is 6. The van der Waals surface area contributed by atoms with E-state index in [0.29, 0.717) is 31.4 Å². The van der Waals surface area contributed by atoms with Crippen molar-refractivity contribution in [2.45, 2.75) is 57.7 Å². The van der Waals surface area contributed by atoms with Crippen LogP contribution in [0.2, 0.25) is 0 Å². The van der Waals surface area contributed by atoms with Gasteiger partial charge in [0.25, 0.3) is 5.56 Å². The molecule has 174 valence electrons. The first kappa shape index (κ1) is 22.3. The fourth-order valence-electron chi connectivity index (χ4n) is 5.24. The predicted molar refractivity (Wildman–Crippen MR) is 129 cm³/mol. The number of carbonyl (C=O) groups is 1. The number of benzene rings is 1. The number of ketones is 1. The zero-order valence-electron chi connectivity index (χ0n) is 19.3. The van der Waals surface area contributed by atoms with Gasteiger partial charge in [0.1, 0.15) is 0 Å². The average molecular weight is 457 g/mol. The number of Topliss-reactive ketones (excluding diaryl/α,β-unsaturated/α-hetero) is 1. The maximum absolute atomic E-state index is 13.2. The monoisotopic (exact) mass is 456 g/mol. The Labute approximate surface area is 198 Å². The molecule has 1 fully saturated rings. The highest BCUT2D eigenvalue weighted by atomic mass is 16.3. The van der Waals surface area contributed by atoms with Crippen molar-refractivity contribution < 1.29 is 9.90 Å². The largest absolute Gasteiger partial charge is 0.388 e. The maximum atomic E-state index is 13.2. The minimum atomic E-state index is -1.03. The lowest BCUT2D eigenvalue weighted by molar-refractivity contribution is -0.0337. The quantitative estimate of drug-likeness (QED) is 0.573. The smallest absolute Gasteiger partial charge is 0.266 e. The van der Waals surface area contributed by atoms with Gasteiger partial charge in [-0.05, 0) is 61.9 Å². The Bertz CT molecular complexity index is 1330. The average Bonchev–Trinajstić information content (AvgIpc) is 3.24. The van der Waals surface area contributed by atoms with Crippen LogP contribution in [0, 0.1) is 12.8 Å². The summed E-state index contributed by atoms with van der Waals surface area (Å²) in [5, 5.41) is 15.3. The molecule has 5 rings (SSSR count). The highest BCUT2D eigenvalue weighted by Gasteiger charge is 2.36. The normalized spacial score (nSPS) is 21.7. The lowest BCUT2D eigenvalue weighted by Gasteiger charge is -2.36. The van der Waals surface area contributed by atoms with Gasteiger partial charge in [0.2, 0.25) is 0 Å². The molecule has 2 aromatic heterocycles. The SMILES string of the molecule is Cc1cc(C2=NCc3ccc(C(=O)C[C@@H]4CCC[C@](O)(Cn5ncccc5=O)C4)cc32)ccn1. The molecule has 0 spiro atoms. The van der Waals surface area contributed by atoms with Crippen LogP contribution in [0.4, 0.5) is 0 Å². The zero-order valence-corrected chi connectivity index (χ0v) is 19.3. The molecule has 0 radical (unpaired) electrons. The third-order valence-corrected chi connectivity index (χ3v) is 6.89. The van der Waals surface area contributed by atoms with Crippen LogP contribution >= 0.6 is 0 Å². The summed E-state index contributed by atoms with van der Waals surface area (Å²) in [6, 6.07) is 12.8. The van der Waals surface area contributed by atoms with Crippen molar-refractivity contribution in [1.29, 1.82) is 0 Å². The Kier molecular flexibility index (Phi) is 5.96. The molecule has 0 amide bonds. The van der Waals surface area contributed by atoms with Gasteiger partial charge in [-0.25, -0.2) is 4.68 Å². The number of aryl methyl sites for hydroxylation is 1. The van der Waals surface area contributed by atoms with Crippen LogP contribution in [0.15, 0.2) is 64.6 Å². The topological polar surface area (TPSA) is 97.4 Å². The summed E-state index contributed by atoms with van der Waals surface area (Å²) in [4.78, 5) is 34.3. The summed E-state index contributed by atoms with van der Waals surface area (Å²) in [5.41, 5.74) is 4.39. The first-order valence-electron chi connectivity index (χ1n) is 11.8. The molecule has 1 aliphatic heterocycles. The summed E-state index contributed by atoms with van der Waals surface area (Å²) in [5.74, 6) is 0.138. The van der Waals surface area contributed by atoms with E-state index in [9.17, 15) is 14.7 Å². The van der Waals surface area contributed by atoms with Crippen LogP contribution in [-0.2, 0) is 13.1 Å². The molecule has 7 heteroatoms. The fourth-order valence-corrected chi connectivity index (χ4v) is 5.24. The van der Waals surface area contributed by atoms with E-state index in [2.05, 4.69) is 10.1 Å². The van der Waals surface area contributed by atoms with Crippen molar-refractivity contribution in [3.8, 4) is 0 Å². The van der Waals surface area contributed by atoms with E-state index in [1.165, 1.54) is 10.7 Å². The van der Waals surface area contributed by atoms with Gasteiger partial charge in [-0.15, -0.1) is 0 Å². The second kappa shape index (κ2) is 9.06. The highest BCUT2D eigenvalue weighted by Crippen LogP contribution is 2.36. The van der Waals surface area contributed by atoms with Crippen LogP contribution in [0.1, 0.15) is 64.8 Å². The number of aliphatic imine (C=N–C) groups is 1. The first-order valence-corrected chi connectivity index (χ1v) is 11.8. The molecular formula is C27H28N4O3. The molecule has 0 unspecified atom stereocenters. The predicted octanol–water partition coefficient (Wildman–Crippen LogP) is 3.49. The number of nitrogens with zero attached hydrogens (tertiary/aromatic N) is 4. The van der Waals surface area contributed by atoms with Crippen LogP contribution in [0.5, 0.6) is 0 Å². The lowest BCUT2D eigenvalue weighted by atomic mass is 9.75. The number of aromatic nitrogens is 3. The Morgan fingerprint density at radius 1 is 1.21 bits per heavy atom. The number of aliphatic hydroxyl groups is 1. The van der Waals surface area contributed by atoms with Gasteiger partial charge >= 0.3 is 0 Å². The van der Waals surface area contributed by atoms with Gasteiger partial charge in [0.05, 0.1) is 24.4 Å². The zero-order chi connectivity index (χ0) is 23.7. The lowest BCUT2D eigenvalue weighted by Crippen LogP contribution is -2.43. The highest BCUT2D eigenvalue weighted by molar-refractivity contribution is 6.16. The van der Waals surface area contributed by atoms with Gasteiger partial charge < -0.3 is 5.11 Å². The number of hydrogen-bond donors (Lipinski definition) is 1. The van der Waals surface area contributed by atoms with Gasteiger partial charge in [-0.2, -0.15) is 5.10 Å². The summed E-state index contributed by atoms with van der Waals surface area (Å²) >= 11 is 0. The Balaban J connectivity index is 1.30. The second-order valence-electron chi connectivity index (χ2n) is 9.56. The van der Waals surface area contributed by atoms with E-state index in [0.717, 1.165) is 40.9 Å². The molecule has 7 nitrogen and oxygen atoms in total. The van der Waals surface area contributed by atoms with Crippen LogP contribution in [0.25, 0.3) is 0 Å². The van der Waals surface area contributed by atoms with E-state index < -0.39 is 5.60 Å². The molecular weight excluding hydrogens is 428 g/mol. The molecule has 3 aromatic rings. The molecule has 0 bridgehead atoms. The molecule has 3 heterocycles. The van der Waals surface area contributed by atoms with Crippen LogP contribution in [0.3, 0.4) is 0 Å². The van der Waals surface area contributed by atoms with Gasteiger partial charge in [0.15, 0.2) is 5.78 Å². The number of fused-ring (bicyclic) bond motifs is 1. The van der Waals surface area contributed by atoms with Crippen LogP contribution in [-0.4, -0.2) is 37.0 Å². The Hall–Kier alpha value is -3.45. The first-order chi connectivity index (χ1) is 16.4. The Morgan fingerprint density at radius 2 is 2.09 bits per heavy atom. The number of hydrogen-bond acceptors (Lipinski definition) is 6. The molecule has 2 aliphatic rings. The molecule has 0 saturated heterocycles. The number of pyridine rings is 1. The molecule has 1 N–H and O–H groups in total. The van der Waals surface area contributed by atoms with Crippen molar-refractivity contribution in [2.75, 3.05) is 0 Å². The van der Waals surface area contributed by atoms with Gasteiger partial charge in [-0.1, -0.05) is 18.6 Å². The number of carbonyl (C=O) groups excluding carboxylic acids is 1. The van der Waals surface area contributed by atoms with E-state index in [1.54, 1.807) is 18.5 Å². The fraction of sp³-hybridized carbons (Fsp3) is 0.370. The summed E-state index contributed by atoms with van der Waals surface area (Å²) < 4.78 is 1.31. The van der Waals surface area contributed by atoms with E-state index >= 15 is 0 Å². The molecule has 34 heavy (non-hydrogen) atoms. The van der Waals surface area contributed by atoms with Crippen molar-refractivity contribution >= 4 is 11.5 Å². The molecule has 2 atom stereocenters. The minimum Gasteiger partial charge on any atom is -0.388 e. The van der Waals surface area contributed by atoms with Crippen LogP contribution < -0.4 is 5.56 Å². The second-order valence-corrected chi connectivity index (χ2v) is 9.56. The standard InChI is InChI=1S/C27H28N4O3/c1-18-12-21(8-11-28-18)26-23-14-20(6-7-22(23)16-29-26)24(32)13-19-4-2-9-27(34,15-19)17-31-25(33)5-3-10-30-31/h3,5-8,10-12,14,19,34H,2,4,9,13,15-17H2,1H3/t19-,27+/m0/s1. The molecule has 1 aliphatic carbocycles. The minimum absolute atomic E-state index is 0.0647. The maximum Gasteiger partial charge on any atom is 0.266 e. The van der Waals surface area contributed by atoms with Gasteiger partial charge in [-0.3, -0.25) is 19.6 Å². The van der Waals surface area contributed by atoms with Gasteiger partial charge in [0, 0.05) is 47.3 Å². The molecule has 1 saturated carbocycles. The van der Waals surface area contributed by atoms with Crippen molar-refractivity contribution in [3.05, 3.63) is 93.2 Å². The third-order valence-electron chi connectivity index (χ3n) is 6.89. The van der Waals surface area contributed by atoms with Crippen molar-refractivity contribution in [1.82, 2.24) is 14.8 Å². The van der Waals surface area contributed by atoms with Crippen molar-refractivity contribution in [3.63, 3.8) is 0 Å². The van der Waals surface area contributed by atoms with E-state index in [-0.39, 0.29) is 23.8 Å². The Morgan fingerprint density at radius 3 is 2.91 bits per heavy atom. The summed E-state index contributed by atoms with van der Waals surface area (Å²) in [7, 11) is 0. The summed E-state index contributed by atoms with van der Waals surface area (Å²) in [6.45, 7) is 2.72. The molecule has 1 aromatic carbocycles. The summed E-state index contributed by atoms with van der Waals surface area (Å²) in [6.07, 6.45) is 6.49. The van der Waals surface area contributed by atoms with Crippen molar-refractivity contribution in [2.24, 2.45) is 10.9 Å². The van der Waals surface area contributed by atoms with E-state index in [1.807, 2.05) is 37.3 Å². The van der Waals surface area contributed by atoms with E-state index in [4.69, 9.17) is 4.99 Å².